The molecule has 0 N–H and O–H groups in total. The average Bonchev–Trinajstić information content (AvgIpc) is 2.57. The first kappa shape index (κ1) is 15.9. The second-order valence-corrected chi connectivity index (χ2v) is 5.50. The number of hydrogen-bond acceptors (Lipinski definition) is 5. The minimum absolute atomic E-state index is 0.0506. The predicted octanol–water partition coefficient (Wildman–Crippen LogP) is 4.06. The van der Waals surface area contributed by atoms with Crippen molar-refractivity contribution in [2.24, 2.45) is 0 Å². The first-order valence-corrected chi connectivity index (χ1v) is 7.29. The van der Waals surface area contributed by atoms with Crippen LogP contribution in [0, 0.1) is 17.0 Å². The molecule has 0 saturated heterocycles. The number of rotatable bonds is 3. The molecule has 0 bridgehead atoms. The normalized spacial score (nSPS) is 10.8. The average molecular weight is 344 g/mol. The fourth-order valence-electron chi connectivity index (χ4n) is 2.49. The molecule has 0 aliphatic heterocycles. The van der Waals surface area contributed by atoms with E-state index in [9.17, 15) is 19.7 Å². The molecule has 1 aromatic heterocycles. The van der Waals surface area contributed by atoms with Gasteiger partial charge in [0.1, 0.15) is 5.76 Å². The molecule has 0 amide bonds. The van der Waals surface area contributed by atoms with Crippen LogP contribution in [0.2, 0.25) is 0 Å². The Labute approximate surface area is 140 Å². The van der Waals surface area contributed by atoms with Gasteiger partial charge in [0.25, 0.3) is 10.9 Å². The number of hydrogen-bond donors (Lipinski definition) is 0. The van der Waals surface area contributed by atoms with Crippen LogP contribution in [-0.4, -0.2) is 10.2 Å². The quantitative estimate of drug-likeness (QED) is 0.406. The molecule has 0 unspecified atom stereocenters. The van der Waals surface area contributed by atoms with Crippen LogP contribution >= 0.6 is 11.6 Å². The van der Waals surface area contributed by atoms with Crippen LogP contribution in [0.5, 0.6) is 0 Å². The Morgan fingerprint density at radius 3 is 2.46 bits per heavy atom. The maximum Gasteiger partial charge on any atom is 0.271 e. The third-order valence-electron chi connectivity index (χ3n) is 3.66. The Morgan fingerprint density at radius 1 is 1.21 bits per heavy atom. The van der Waals surface area contributed by atoms with E-state index in [4.69, 9.17) is 16.0 Å². The highest BCUT2D eigenvalue weighted by Gasteiger charge is 2.22. The summed E-state index contributed by atoms with van der Waals surface area (Å²) in [5.41, 5.74) is -0.170. The van der Waals surface area contributed by atoms with Gasteiger partial charge in [0, 0.05) is 23.3 Å². The van der Waals surface area contributed by atoms with Gasteiger partial charge in [-0.15, -0.1) is 0 Å². The summed E-state index contributed by atoms with van der Waals surface area (Å²) >= 11 is 5.53. The standard InChI is InChI=1S/C17H10ClNO5/c1-9-14(20)12-7-11(19(22)23)8-13(17(18)21)16(12)24-15(9)10-5-3-2-4-6-10/h2-8H,1H3. The molecule has 3 rings (SSSR count). The lowest BCUT2D eigenvalue weighted by molar-refractivity contribution is -0.384. The minimum atomic E-state index is -0.935. The van der Waals surface area contributed by atoms with Crippen molar-refractivity contribution in [2.45, 2.75) is 6.92 Å². The molecular weight excluding hydrogens is 334 g/mol. The van der Waals surface area contributed by atoms with Crippen LogP contribution < -0.4 is 5.43 Å². The highest BCUT2D eigenvalue weighted by Crippen LogP contribution is 2.30. The molecule has 120 valence electrons. The van der Waals surface area contributed by atoms with Gasteiger partial charge < -0.3 is 4.42 Å². The molecule has 6 nitrogen and oxygen atoms in total. The van der Waals surface area contributed by atoms with Gasteiger partial charge in [-0.25, -0.2) is 0 Å². The molecule has 3 aromatic rings. The van der Waals surface area contributed by atoms with Crippen molar-refractivity contribution in [1.82, 2.24) is 0 Å². The van der Waals surface area contributed by atoms with E-state index < -0.39 is 21.3 Å². The van der Waals surface area contributed by atoms with Crippen LogP contribution in [0.15, 0.2) is 51.7 Å². The van der Waals surface area contributed by atoms with E-state index in [1.165, 1.54) is 0 Å². The number of nitro benzene ring substituents is 1. The van der Waals surface area contributed by atoms with E-state index in [0.29, 0.717) is 16.9 Å². The lowest BCUT2D eigenvalue weighted by Gasteiger charge is -2.09. The van der Waals surface area contributed by atoms with E-state index in [2.05, 4.69) is 0 Å². The zero-order valence-electron chi connectivity index (χ0n) is 12.4. The van der Waals surface area contributed by atoms with Crippen molar-refractivity contribution in [3.05, 3.63) is 73.9 Å². The van der Waals surface area contributed by atoms with Crippen molar-refractivity contribution in [3.63, 3.8) is 0 Å². The summed E-state index contributed by atoms with van der Waals surface area (Å²) in [6, 6.07) is 11.0. The van der Waals surface area contributed by atoms with E-state index in [0.717, 1.165) is 12.1 Å². The number of nitrogens with zero attached hydrogens (tertiary/aromatic N) is 1. The molecule has 0 aliphatic carbocycles. The number of fused-ring (bicyclic) bond motifs is 1. The molecular formula is C17H10ClNO5. The summed E-state index contributed by atoms with van der Waals surface area (Å²) in [7, 11) is 0. The summed E-state index contributed by atoms with van der Waals surface area (Å²) < 4.78 is 5.76. The Kier molecular flexibility index (Phi) is 3.91. The van der Waals surface area contributed by atoms with Gasteiger partial charge in [-0.05, 0) is 18.5 Å². The zero-order valence-corrected chi connectivity index (χ0v) is 13.2. The van der Waals surface area contributed by atoms with E-state index in [-0.39, 0.29) is 16.5 Å². The Balaban J connectivity index is 2.46. The fourth-order valence-corrected chi connectivity index (χ4v) is 2.63. The monoisotopic (exact) mass is 343 g/mol. The van der Waals surface area contributed by atoms with E-state index >= 15 is 0 Å². The van der Waals surface area contributed by atoms with Crippen LogP contribution in [-0.2, 0) is 0 Å². The predicted molar refractivity (Wildman–Crippen MR) is 89.5 cm³/mol. The lowest BCUT2D eigenvalue weighted by atomic mass is 10.0. The number of carbonyl (C=O) groups is 1. The topological polar surface area (TPSA) is 90.4 Å². The summed E-state index contributed by atoms with van der Waals surface area (Å²) in [6.07, 6.45) is 0. The molecule has 0 fully saturated rings. The third kappa shape index (κ3) is 2.57. The van der Waals surface area contributed by atoms with Gasteiger partial charge in [0.2, 0.25) is 0 Å². The molecule has 0 saturated carbocycles. The van der Waals surface area contributed by atoms with Crippen molar-refractivity contribution in [1.29, 1.82) is 0 Å². The van der Waals surface area contributed by atoms with E-state index in [1.807, 2.05) is 6.07 Å². The van der Waals surface area contributed by atoms with Gasteiger partial charge in [0.05, 0.1) is 15.9 Å². The summed E-state index contributed by atoms with van der Waals surface area (Å²) in [5.74, 6) is 0.293. The molecule has 0 spiro atoms. The van der Waals surface area contributed by atoms with Crippen LogP contribution in [0.1, 0.15) is 15.9 Å². The zero-order chi connectivity index (χ0) is 17.4. The SMILES string of the molecule is Cc1c(-c2ccccc2)oc2c(C(=O)Cl)cc([N+](=O)[O-])cc2c1=O. The highest BCUT2D eigenvalue weighted by atomic mass is 35.5. The van der Waals surface area contributed by atoms with Crippen molar-refractivity contribution < 1.29 is 14.1 Å². The molecule has 0 aliphatic rings. The van der Waals surface area contributed by atoms with Crippen LogP contribution in [0.25, 0.3) is 22.3 Å². The summed E-state index contributed by atoms with van der Waals surface area (Å²) in [4.78, 5) is 34.6. The summed E-state index contributed by atoms with van der Waals surface area (Å²) in [6.45, 7) is 1.56. The van der Waals surface area contributed by atoms with Crippen molar-refractivity contribution >= 4 is 33.5 Å². The second-order valence-electron chi connectivity index (χ2n) is 5.15. The minimum Gasteiger partial charge on any atom is -0.455 e. The van der Waals surface area contributed by atoms with Crippen LogP contribution in [0.3, 0.4) is 0 Å². The molecule has 7 heteroatoms. The van der Waals surface area contributed by atoms with Crippen molar-refractivity contribution in [2.75, 3.05) is 0 Å². The molecule has 2 aromatic carbocycles. The van der Waals surface area contributed by atoms with E-state index in [1.54, 1.807) is 31.2 Å². The molecule has 24 heavy (non-hydrogen) atoms. The number of benzene rings is 2. The Hall–Kier alpha value is -2.99. The number of nitro groups is 1. The number of halogens is 1. The Bertz CT molecular complexity index is 1040. The Morgan fingerprint density at radius 2 is 1.88 bits per heavy atom. The van der Waals surface area contributed by atoms with Gasteiger partial charge in [-0.1, -0.05) is 30.3 Å². The van der Waals surface area contributed by atoms with Gasteiger partial charge in [-0.2, -0.15) is 0 Å². The smallest absolute Gasteiger partial charge is 0.271 e. The van der Waals surface area contributed by atoms with Gasteiger partial charge in [0.15, 0.2) is 11.0 Å². The first-order chi connectivity index (χ1) is 11.4. The maximum atomic E-state index is 12.6. The highest BCUT2D eigenvalue weighted by molar-refractivity contribution is 6.68. The van der Waals surface area contributed by atoms with Gasteiger partial charge in [-0.3, -0.25) is 19.7 Å². The largest absolute Gasteiger partial charge is 0.455 e. The van der Waals surface area contributed by atoms with Gasteiger partial charge >= 0.3 is 0 Å². The molecule has 0 atom stereocenters. The fraction of sp³-hybridized carbons (Fsp3) is 0.0588. The lowest BCUT2D eigenvalue weighted by Crippen LogP contribution is -2.09. The van der Waals surface area contributed by atoms with Crippen molar-refractivity contribution in [3.8, 4) is 11.3 Å². The number of carbonyl (C=O) groups excluding carboxylic acids is 1. The first-order valence-electron chi connectivity index (χ1n) is 6.91. The maximum absolute atomic E-state index is 12.6. The van der Waals surface area contributed by atoms with Crippen LogP contribution in [0.4, 0.5) is 5.69 Å². The molecule has 0 radical (unpaired) electrons. The second kappa shape index (κ2) is 5.90. The third-order valence-corrected chi connectivity index (χ3v) is 3.87. The number of non-ortho nitro benzene ring substituents is 1. The summed E-state index contributed by atoms with van der Waals surface area (Å²) in [5, 5.41) is 10.0. The molecule has 1 heterocycles.